The summed E-state index contributed by atoms with van der Waals surface area (Å²) in [7, 11) is 0. The minimum atomic E-state index is 0.783. The maximum absolute atomic E-state index is 5.98. The SMILES string of the molecule is CC1=C(N)N1.Cc1ccccc1.Nc1ccc(-c2c3ccccc3c(-c3ccc4ccccc4c3)c3ccccc23)cc1. The normalized spacial score (nSPS) is 11.8. The summed E-state index contributed by atoms with van der Waals surface area (Å²) in [6.07, 6.45) is 0. The Morgan fingerprint density at radius 3 is 1.33 bits per heavy atom. The Labute approximate surface area is 253 Å². The molecule has 0 saturated carbocycles. The van der Waals surface area contributed by atoms with Crippen LogP contribution >= 0.6 is 0 Å². The van der Waals surface area contributed by atoms with Crippen LogP contribution in [-0.4, -0.2) is 0 Å². The molecule has 7 aromatic carbocycles. The van der Waals surface area contributed by atoms with Gasteiger partial charge in [-0.3, -0.25) is 0 Å². The number of anilines is 1. The Balaban J connectivity index is 0.000000228. The minimum Gasteiger partial charge on any atom is -0.399 e. The van der Waals surface area contributed by atoms with Crippen LogP contribution in [0.5, 0.6) is 0 Å². The van der Waals surface area contributed by atoms with Gasteiger partial charge in [-0.05, 0) is 86.6 Å². The smallest absolute Gasteiger partial charge is 0.120 e. The molecular formula is C40H35N3. The van der Waals surface area contributed by atoms with E-state index in [1.807, 2.05) is 37.3 Å². The van der Waals surface area contributed by atoms with Crippen molar-refractivity contribution in [2.75, 3.05) is 5.73 Å². The first-order valence-corrected chi connectivity index (χ1v) is 14.5. The van der Waals surface area contributed by atoms with E-state index in [9.17, 15) is 0 Å². The quantitative estimate of drug-likeness (QED) is 0.146. The highest BCUT2D eigenvalue weighted by atomic mass is 15.1. The number of nitrogen functional groups attached to an aromatic ring is 1. The van der Waals surface area contributed by atoms with Gasteiger partial charge < -0.3 is 16.8 Å². The third-order valence-corrected chi connectivity index (χ3v) is 7.77. The molecule has 0 bridgehead atoms. The highest BCUT2D eigenvalue weighted by Gasteiger charge is 2.16. The van der Waals surface area contributed by atoms with E-state index in [0.717, 1.165) is 17.2 Å². The maximum atomic E-state index is 5.98. The van der Waals surface area contributed by atoms with Crippen LogP contribution in [0, 0.1) is 6.92 Å². The van der Waals surface area contributed by atoms with Crippen molar-refractivity contribution in [1.29, 1.82) is 0 Å². The summed E-state index contributed by atoms with van der Waals surface area (Å²) in [5.41, 5.74) is 19.3. The largest absolute Gasteiger partial charge is 0.399 e. The van der Waals surface area contributed by atoms with Gasteiger partial charge in [-0.2, -0.15) is 0 Å². The second-order valence-corrected chi connectivity index (χ2v) is 10.8. The number of hydrogen-bond acceptors (Lipinski definition) is 3. The van der Waals surface area contributed by atoms with Crippen LogP contribution < -0.4 is 16.8 Å². The standard InChI is InChI=1S/C30H21N.C7H8.C3H6N2/c31-24-17-15-21(16-18-24)29-25-9-3-5-11-27(25)30(28-12-6-4-10-26(28)29)23-14-13-20-7-1-2-8-22(20)19-23;1-7-5-3-2-4-6-7;1-2-3(4)5-2/h1-19H,31H2;2-6H,1H3;5H,4H2,1H3. The van der Waals surface area contributed by atoms with Gasteiger partial charge in [0.1, 0.15) is 5.82 Å². The summed E-state index contributed by atoms with van der Waals surface area (Å²) < 4.78 is 0. The number of aryl methyl sites for hydroxylation is 1. The molecule has 5 N–H and O–H groups in total. The van der Waals surface area contributed by atoms with Crippen LogP contribution in [-0.2, 0) is 0 Å². The first kappa shape index (κ1) is 27.6. The first-order valence-electron chi connectivity index (χ1n) is 14.5. The van der Waals surface area contributed by atoms with Gasteiger partial charge in [-0.15, -0.1) is 0 Å². The zero-order chi connectivity index (χ0) is 29.8. The second-order valence-electron chi connectivity index (χ2n) is 10.8. The summed E-state index contributed by atoms with van der Waals surface area (Å²) >= 11 is 0. The summed E-state index contributed by atoms with van der Waals surface area (Å²) in [5, 5.41) is 10.4. The van der Waals surface area contributed by atoms with Crippen molar-refractivity contribution < 1.29 is 0 Å². The van der Waals surface area contributed by atoms with Crippen molar-refractivity contribution in [2.24, 2.45) is 5.73 Å². The lowest BCUT2D eigenvalue weighted by molar-refractivity contribution is 1.23. The van der Waals surface area contributed by atoms with E-state index >= 15 is 0 Å². The Hall–Kier alpha value is -5.54. The number of nitrogens with two attached hydrogens (primary N) is 2. The van der Waals surface area contributed by atoms with Gasteiger partial charge >= 0.3 is 0 Å². The molecule has 0 fully saturated rings. The van der Waals surface area contributed by atoms with Crippen molar-refractivity contribution in [2.45, 2.75) is 13.8 Å². The van der Waals surface area contributed by atoms with E-state index in [-0.39, 0.29) is 0 Å². The molecule has 1 aliphatic rings. The molecule has 0 spiro atoms. The molecule has 0 atom stereocenters. The molecule has 0 unspecified atom stereocenters. The number of benzene rings is 7. The van der Waals surface area contributed by atoms with Crippen LogP contribution in [0.4, 0.5) is 5.69 Å². The van der Waals surface area contributed by atoms with Crippen molar-refractivity contribution in [3.05, 3.63) is 163 Å². The third kappa shape index (κ3) is 6.07. The van der Waals surface area contributed by atoms with Gasteiger partial charge in [-0.1, -0.05) is 133 Å². The fourth-order valence-electron chi connectivity index (χ4n) is 5.45. The zero-order valence-electron chi connectivity index (χ0n) is 24.5. The molecule has 0 saturated heterocycles. The van der Waals surface area contributed by atoms with Crippen LogP contribution in [0.2, 0.25) is 0 Å². The molecular weight excluding hydrogens is 522 g/mol. The van der Waals surface area contributed by atoms with E-state index in [2.05, 4.69) is 128 Å². The molecule has 7 aromatic rings. The molecule has 210 valence electrons. The lowest BCUT2D eigenvalue weighted by atomic mass is 9.85. The van der Waals surface area contributed by atoms with Gasteiger partial charge in [0.2, 0.25) is 0 Å². The number of hydrogen-bond donors (Lipinski definition) is 3. The maximum Gasteiger partial charge on any atom is 0.120 e. The minimum absolute atomic E-state index is 0.783. The lowest BCUT2D eigenvalue weighted by Crippen LogP contribution is -1.91. The number of nitrogens with one attached hydrogen (secondary N) is 1. The average molecular weight is 558 g/mol. The van der Waals surface area contributed by atoms with Gasteiger partial charge in [0.05, 0.1) is 5.70 Å². The van der Waals surface area contributed by atoms with E-state index in [0.29, 0.717) is 0 Å². The van der Waals surface area contributed by atoms with Gasteiger partial charge in [-0.25, -0.2) is 0 Å². The highest BCUT2D eigenvalue weighted by Crippen LogP contribution is 2.44. The summed E-state index contributed by atoms with van der Waals surface area (Å²) in [6, 6.07) is 51.3. The van der Waals surface area contributed by atoms with Crippen molar-refractivity contribution in [3.8, 4) is 22.3 Å². The summed E-state index contributed by atoms with van der Waals surface area (Å²) in [6.45, 7) is 4.02. The summed E-state index contributed by atoms with van der Waals surface area (Å²) in [4.78, 5) is 0. The average Bonchev–Trinajstić information content (AvgIpc) is 3.71. The fourth-order valence-corrected chi connectivity index (χ4v) is 5.45. The zero-order valence-corrected chi connectivity index (χ0v) is 24.5. The van der Waals surface area contributed by atoms with E-state index in [4.69, 9.17) is 11.5 Å². The van der Waals surface area contributed by atoms with Crippen LogP contribution in [0.25, 0.3) is 54.6 Å². The highest BCUT2D eigenvalue weighted by molar-refractivity contribution is 6.21. The van der Waals surface area contributed by atoms with Crippen molar-refractivity contribution >= 4 is 38.0 Å². The Morgan fingerprint density at radius 1 is 0.442 bits per heavy atom. The molecule has 1 heterocycles. The number of rotatable bonds is 2. The van der Waals surface area contributed by atoms with E-state index in [1.54, 1.807) is 0 Å². The van der Waals surface area contributed by atoms with Crippen LogP contribution in [0.1, 0.15) is 12.5 Å². The Bertz CT molecular complexity index is 2010. The second kappa shape index (κ2) is 12.1. The molecule has 43 heavy (non-hydrogen) atoms. The fraction of sp³-hybridized carbons (Fsp3) is 0.0500. The predicted molar refractivity (Wildman–Crippen MR) is 185 cm³/mol. The molecule has 3 heteroatoms. The molecule has 3 nitrogen and oxygen atoms in total. The number of allylic oxidation sites excluding steroid dienone is 1. The van der Waals surface area contributed by atoms with Gasteiger partial charge in [0, 0.05) is 5.69 Å². The molecule has 0 amide bonds. The molecule has 0 aliphatic carbocycles. The van der Waals surface area contributed by atoms with E-state index < -0.39 is 0 Å². The molecule has 0 radical (unpaired) electrons. The Kier molecular flexibility index (Phi) is 7.80. The topological polar surface area (TPSA) is 74.0 Å². The van der Waals surface area contributed by atoms with Crippen LogP contribution in [0.15, 0.2) is 157 Å². The van der Waals surface area contributed by atoms with Crippen molar-refractivity contribution in [3.63, 3.8) is 0 Å². The van der Waals surface area contributed by atoms with Gasteiger partial charge in [0.15, 0.2) is 0 Å². The van der Waals surface area contributed by atoms with Gasteiger partial charge in [0.25, 0.3) is 0 Å². The number of fused-ring (bicyclic) bond motifs is 3. The molecule has 8 rings (SSSR count). The lowest BCUT2D eigenvalue weighted by Gasteiger charge is -2.18. The monoisotopic (exact) mass is 557 g/mol. The summed E-state index contributed by atoms with van der Waals surface area (Å²) in [5.74, 6) is 0.838. The third-order valence-electron chi connectivity index (χ3n) is 7.77. The predicted octanol–water partition coefficient (Wildman–Crippen LogP) is 9.79. The van der Waals surface area contributed by atoms with Crippen LogP contribution in [0.3, 0.4) is 0 Å². The molecule has 0 aromatic heterocycles. The molecule has 1 aliphatic heterocycles. The van der Waals surface area contributed by atoms with Crippen molar-refractivity contribution in [1.82, 2.24) is 5.32 Å². The van der Waals surface area contributed by atoms with E-state index in [1.165, 1.54) is 60.1 Å². The Morgan fingerprint density at radius 2 is 0.860 bits per heavy atom. The first-order chi connectivity index (χ1) is 21.0.